The van der Waals surface area contributed by atoms with Crippen molar-refractivity contribution in [3.8, 4) is 0 Å². The topological polar surface area (TPSA) is 90.2 Å². The van der Waals surface area contributed by atoms with Crippen LogP contribution in [-0.4, -0.2) is 60.8 Å². The van der Waals surface area contributed by atoms with E-state index in [-0.39, 0.29) is 17.7 Å². The van der Waals surface area contributed by atoms with Crippen LogP contribution in [0.15, 0.2) is 52.1 Å². The van der Waals surface area contributed by atoms with E-state index in [9.17, 15) is 9.59 Å². The van der Waals surface area contributed by atoms with Gasteiger partial charge in [-0.05, 0) is 42.7 Å². The van der Waals surface area contributed by atoms with Crippen LogP contribution in [0, 0.1) is 5.92 Å². The van der Waals surface area contributed by atoms with E-state index in [4.69, 9.17) is 4.42 Å². The lowest BCUT2D eigenvalue weighted by Crippen LogP contribution is -2.53. The Kier molecular flexibility index (Phi) is 6.54. The van der Waals surface area contributed by atoms with Crippen molar-refractivity contribution in [3.05, 3.63) is 54.0 Å². The van der Waals surface area contributed by atoms with Crippen LogP contribution >= 0.6 is 0 Å². The highest BCUT2D eigenvalue weighted by Gasteiger charge is 2.26. The number of hydrogen-bond acceptors (Lipinski definition) is 4. The van der Waals surface area contributed by atoms with Crippen LogP contribution in [0.2, 0.25) is 0 Å². The maximum atomic E-state index is 12.4. The summed E-state index contributed by atoms with van der Waals surface area (Å²) in [5.41, 5.74) is 1.90. The van der Waals surface area contributed by atoms with Gasteiger partial charge in [-0.1, -0.05) is 18.6 Å². The molecule has 2 aliphatic rings. The van der Waals surface area contributed by atoms with Crippen LogP contribution in [0.25, 0.3) is 0 Å². The number of guanidine groups is 1. The normalized spacial score (nSPS) is 17.3. The number of amides is 2. The lowest BCUT2D eigenvalue weighted by Gasteiger charge is -2.36. The van der Waals surface area contributed by atoms with Gasteiger partial charge in [0.2, 0.25) is 5.91 Å². The summed E-state index contributed by atoms with van der Waals surface area (Å²) in [5, 5.41) is 6.42. The van der Waals surface area contributed by atoms with E-state index in [1.807, 2.05) is 24.3 Å². The molecule has 2 aromatic rings. The van der Waals surface area contributed by atoms with E-state index in [1.54, 1.807) is 24.1 Å². The minimum Gasteiger partial charge on any atom is -0.459 e. The van der Waals surface area contributed by atoms with Gasteiger partial charge in [-0.15, -0.1) is 0 Å². The van der Waals surface area contributed by atoms with Gasteiger partial charge in [0.05, 0.1) is 6.26 Å². The number of benzene rings is 1. The Morgan fingerprint density at radius 3 is 2.52 bits per heavy atom. The first-order valence-corrected chi connectivity index (χ1v) is 10.8. The maximum Gasteiger partial charge on any atom is 0.289 e. The van der Waals surface area contributed by atoms with Gasteiger partial charge in [0, 0.05) is 51.4 Å². The Morgan fingerprint density at radius 1 is 1.10 bits per heavy atom. The van der Waals surface area contributed by atoms with E-state index in [2.05, 4.69) is 20.5 Å². The molecule has 8 heteroatoms. The predicted molar refractivity (Wildman–Crippen MR) is 119 cm³/mol. The third-order valence-electron chi connectivity index (χ3n) is 5.93. The molecule has 0 spiro atoms. The Morgan fingerprint density at radius 2 is 1.87 bits per heavy atom. The van der Waals surface area contributed by atoms with Crippen LogP contribution in [0.5, 0.6) is 0 Å². The summed E-state index contributed by atoms with van der Waals surface area (Å²) in [6, 6.07) is 11.3. The molecule has 1 aliphatic heterocycles. The molecule has 0 unspecified atom stereocenters. The summed E-state index contributed by atoms with van der Waals surface area (Å²) in [6.45, 7) is 3.23. The average molecular weight is 424 g/mol. The fourth-order valence-electron chi connectivity index (χ4n) is 3.86. The highest BCUT2D eigenvalue weighted by Crippen LogP contribution is 2.27. The molecule has 1 saturated carbocycles. The molecule has 2 N–H and O–H groups in total. The second-order valence-corrected chi connectivity index (χ2v) is 7.97. The summed E-state index contributed by atoms with van der Waals surface area (Å²) in [5.74, 6) is 1.38. The van der Waals surface area contributed by atoms with Crippen LogP contribution in [-0.2, 0) is 11.3 Å². The number of anilines is 1. The number of rotatable bonds is 5. The van der Waals surface area contributed by atoms with E-state index in [0.717, 1.165) is 36.5 Å². The van der Waals surface area contributed by atoms with Crippen molar-refractivity contribution in [2.75, 3.05) is 38.5 Å². The number of carbonyl (C=O) groups is 2. The van der Waals surface area contributed by atoms with Crippen LogP contribution < -0.4 is 10.6 Å². The Bertz CT molecular complexity index is 928. The molecule has 0 atom stereocenters. The fraction of sp³-hybridized carbons (Fsp3) is 0.435. The molecule has 31 heavy (non-hydrogen) atoms. The number of nitrogens with one attached hydrogen (secondary N) is 2. The summed E-state index contributed by atoms with van der Waals surface area (Å²) in [7, 11) is 1.76. The summed E-state index contributed by atoms with van der Waals surface area (Å²) < 4.78 is 5.22. The van der Waals surface area contributed by atoms with Gasteiger partial charge >= 0.3 is 0 Å². The molecule has 8 nitrogen and oxygen atoms in total. The molecule has 1 aromatic carbocycles. The summed E-state index contributed by atoms with van der Waals surface area (Å²) in [6.07, 6.45) is 4.64. The zero-order chi connectivity index (χ0) is 21.6. The minimum absolute atomic E-state index is 0.0756. The van der Waals surface area contributed by atoms with Crippen molar-refractivity contribution in [2.45, 2.75) is 25.8 Å². The molecular weight excluding hydrogens is 394 g/mol. The van der Waals surface area contributed by atoms with Gasteiger partial charge in [0.15, 0.2) is 11.7 Å². The van der Waals surface area contributed by atoms with Crippen molar-refractivity contribution in [1.29, 1.82) is 0 Å². The largest absolute Gasteiger partial charge is 0.459 e. The van der Waals surface area contributed by atoms with Crippen molar-refractivity contribution >= 4 is 23.5 Å². The summed E-state index contributed by atoms with van der Waals surface area (Å²) >= 11 is 0. The lowest BCUT2D eigenvalue weighted by molar-refractivity contribution is -0.122. The second kappa shape index (κ2) is 9.68. The zero-order valence-electron chi connectivity index (χ0n) is 17.8. The van der Waals surface area contributed by atoms with Crippen LogP contribution in [0.4, 0.5) is 5.69 Å². The molecule has 1 aromatic heterocycles. The summed E-state index contributed by atoms with van der Waals surface area (Å²) in [4.78, 5) is 33.0. The molecule has 2 heterocycles. The monoisotopic (exact) mass is 423 g/mol. The number of hydrogen-bond donors (Lipinski definition) is 2. The lowest BCUT2D eigenvalue weighted by atomic mass is 9.85. The molecule has 2 fully saturated rings. The predicted octanol–water partition coefficient (Wildman–Crippen LogP) is 2.55. The standard InChI is InChI=1S/C23H29N5O3/c1-24-23(28-12-10-27(11-13-28)22(30)20-9-4-14-31-20)25-16-17-5-2-8-19(15-17)26-21(29)18-6-3-7-18/h2,4-5,8-9,14-15,18H,3,6-7,10-13,16H2,1H3,(H,24,25)(H,26,29). The second-order valence-electron chi connectivity index (χ2n) is 7.97. The van der Waals surface area contributed by atoms with Crippen LogP contribution in [0.1, 0.15) is 35.4 Å². The molecule has 2 amide bonds. The van der Waals surface area contributed by atoms with Crippen molar-refractivity contribution in [1.82, 2.24) is 15.1 Å². The third-order valence-corrected chi connectivity index (χ3v) is 5.93. The number of carbonyl (C=O) groups excluding carboxylic acids is 2. The molecule has 164 valence electrons. The van der Waals surface area contributed by atoms with Crippen LogP contribution in [0.3, 0.4) is 0 Å². The van der Waals surface area contributed by atoms with Gasteiger partial charge in [-0.2, -0.15) is 0 Å². The van der Waals surface area contributed by atoms with Gasteiger partial charge in [-0.25, -0.2) is 0 Å². The number of aliphatic imine (C=N–C) groups is 1. The van der Waals surface area contributed by atoms with Crippen molar-refractivity contribution in [2.24, 2.45) is 10.9 Å². The Hall–Kier alpha value is -3.29. The van der Waals surface area contributed by atoms with Gasteiger partial charge in [0.25, 0.3) is 5.91 Å². The average Bonchev–Trinajstić information content (AvgIpc) is 3.28. The van der Waals surface area contributed by atoms with E-state index >= 15 is 0 Å². The first kappa shape index (κ1) is 21.0. The Balaban J connectivity index is 1.27. The highest BCUT2D eigenvalue weighted by atomic mass is 16.3. The molecular formula is C23H29N5O3. The van der Waals surface area contributed by atoms with Gasteiger partial charge < -0.3 is 24.9 Å². The number of nitrogens with zero attached hydrogens (tertiary/aromatic N) is 3. The van der Waals surface area contributed by atoms with Crippen molar-refractivity contribution < 1.29 is 14.0 Å². The van der Waals surface area contributed by atoms with Gasteiger partial charge in [-0.3, -0.25) is 14.6 Å². The number of furan rings is 1. The van der Waals surface area contributed by atoms with E-state index < -0.39 is 0 Å². The molecule has 4 rings (SSSR count). The molecule has 1 aliphatic carbocycles. The smallest absolute Gasteiger partial charge is 0.289 e. The quantitative estimate of drug-likeness (QED) is 0.570. The minimum atomic E-state index is -0.0756. The van der Waals surface area contributed by atoms with Gasteiger partial charge in [0.1, 0.15) is 0 Å². The third kappa shape index (κ3) is 5.07. The molecule has 0 bridgehead atoms. The highest BCUT2D eigenvalue weighted by molar-refractivity contribution is 5.93. The molecule has 1 saturated heterocycles. The first-order valence-electron chi connectivity index (χ1n) is 10.8. The zero-order valence-corrected chi connectivity index (χ0v) is 17.8. The number of piperazine rings is 1. The van der Waals surface area contributed by atoms with Crippen molar-refractivity contribution in [3.63, 3.8) is 0 Å². The fourth-order valence-corrected chi connectivity index (χ4v) is 3.86. The Labute approximate surface area is 182 Å². The van der Waals surface area contributed by atoms with E-state index in [0.29, 0.717) is 38.5 Å². The first-order chi connectivity index (χ1) is 15.1. The maximum absolute atomic E-state index is 12.4. The molecule has 0 radical (unpaired) electrons. The van der Waals surface area contributed by atoms with E-state index in [1.165, 1.54) is 6.26 Å². The SMILES string of the molecule is CN=C(NCc1cccc(NC(=O)C2CCC2)c1)N1CCN(C(=O)c2ccco2)CC1.